The lowest BCUT2D eigenvalue weighted by Gasteiger charge is -2.32. The second-order valence-corrected chi connectivity index (χ2v) is 10.9. The average molecular weight is 579 g/mol. The van der Waals surface area contributed by atoms with E-state index in [4.69, 9.17) is 21.1 Å². The molecule has 10 nitrogen and oxygen atoms in total. The summed E-state index contributed by atoms with van der Waals surface area (Å²) in [6, 6.07) is 30.7. The van der Waals surface area contributed by atoms with E-state index in [1.54, 1.807) is 12.4 Å². The molecule has 0 amide bonds. The van der Waals surface area contributed by atoms with Crippen LogP contribution in [0, 0.1) is 11.3 Å². The third-order valence-electron chi connectivity index (χ3n) is 7.97. The molecule has 6 aromatic rings. The summed E-state index contributed by atoms with van der Waals surface area (Å²) in [5, 5.41) is 17.5. The van der Waals surface area contributed by atoms with Crippen LogP contribution in [0.3, 0.4) is 0 Å². The molecule has 1 aliphatic rings. The van der Waals surface area contributed by atoms with E-state index in [1.165, 1.54) is 5.56 Å². The summed E-state index contributed by atoms with van der Waals surface area (Å²) in [5.74, 6) is 1.32. The number of nitrogens with one attached hydrogen (secondary N) is 1. The first kappa shape index (κ1) is 27.2. The molecule has 5 heterocycles. The first-order chi connectivity index (χ1) is 21.6. The van der Waals surface area contributed by atoms with E-state index in [0.717, 1.165) is 71.9 Å². The first-order valence-corrected chi connectivity index (χ1v) is 14.6. The molecule has 1 aliphatic heterocycles. The van der Waals surface area contributed by atoms with Crippen molar-refractivity contribution in [3.63, 3.8) is 0 Å². The first-order valence-electron chi connectivity index (χ1n) is 14.6. The second kappa shape index (κ2) is 11.9. The van der Waals surface area contributed by atoms with Gasteiger partial charge < -0.3 is 11.1 Å². The molecule has 44 heavy (non-hydrogen) atoms. The highest BCUT2D eigenvalue weighted by molar-refractivity contribution is 5.86. The molecular formula is C34H30N10. The Balaban J connectivity index is 1.13. The number of hydrogen-bond acceptors (Lipinski definition) is 9. The lowest BCUT2D eigenvalue weighted by molar-refractivity contribution is 0.211. The zero-order valence-electron chi connectivity index (χ0n) is 24.0. The molecule has 1 fully saturated rings. The Bertz CT molecular complexity index is 1950. The minimum atomic E-state index is 0.184. The molecule has 3 N–H and O–H groups in total. The van der Waals surface area contributed by atoms with E-state index in [0.29, 0.717) is 17.7 Å². The number of piperidine rings is 1. The minimum absolute atomic E-state index is 0.184. The van der Waals surface area contributed by atoms with Crippen molar-refractivity contribution >= 4 is 17.3 Å². The molecule has 0 aliphatic carbocycles. The Kier molecular flexibility index (Phi) is 7.36. The van der Waals surface area contributed by atoms with Crippen LogP contribution in [0.25, 0.3) is 39.4 Å². The number of nitriles is 1. The van der Waals surface area contributed by atoms with Gasteiger partial charge in [-0.1, -0.05) is 54.6 Å². The highest BCUT2D eigenvalue weighted by Gasteiger charge is 2.22. The van der Waals surface area contributed by atoms with Gasteiger partial charge in [-0.25, -0.2) is 24.5 Å². The standard InChI is InChI=1S/C34H30N10/c35-21-30-37-18-14-29(40-30)39-26-15-19-43(20-16-26)22-23-8-10-25(11-9-23)33-32(27-7-4-17-38-34(27)36)41-31-13-12-28(42-44(31)33)24-5-2-1-3-6-24/h1-14,17-18,26H,15-16,19-20,22H2,(H2,36,38)(H,37,39,40). The Morgan fingerprint density at radius 1 is 0.841 bits per heavy atom. The summed E-state index contributed by atoms with van der Waals surface area (Å²) in [6.45, 7) is 2.81. The Morgan fingerprint density at radius 2 is 1.66 bits per heavy atom. The van der Waals surface area contributed by atoms with Gasteiger partial charge in [0.05, 0.1) is 5.69 Å². The van der Waals surface area contributed by atoms with Crippen LogP contribution in [0.1, 0.15) is 24.2 Å². The van der Waals surface area contributed by atoms with E-state index in [1.807, 2.05) is 59.1 Å². The molecule has 1 saturated heterocycles. The molecule has 7 rings (SSSR count). The number of imidazole rings is 1. The summed E-state index contributed by atoms with van der Waals surface area (Å²) in [4.78, 5) is 20.0. The quantitative estimate of drug-likeness (QED) is 0.254. The van der Waals surface area contributed by atoms with Crippen LogP contribution < -0.4 is 11.1 Å². The number of pyridine rings is 1. The summed E-state index contributed by atoms with van der Waals surface area (Å²) in [6.07, 6.45) is 5.30. The monoisotopic (exact) mass is 578 g/mol. The summed E-state index contributed by atoms with van der Waals surface area (Å²) >= 11 is 0. The summed E-state index contributed by atoms with van der Waals surface area (Å²) < 4.78 is 1.91. The Hall–Kier alpha value is -5.66. The number of nitrogens with two attached hydrogens (primary N) is 1. The lowest BCUT2D eigenvalue weighted by atomic mass is 10.0. The van der Waals surface area contributed by atoms with Crippen molar-refractivity contribution in [1.29, 1.82) is 5.26 Å². The van der Waals surface area contributed by atoms with Crippen LogP contribution in [0.5, 0.6) is 0 Å². The van der Waals surface area contributed by atoms with Crippen molar-refractivity contribution < 1.29 is 0 Å². The molecular weight excluding hydrogens is 548 g/mol. The highest BCUT2D eigenvalue weighted by atomic mass is 15.3. The van der Waals surface area contributed by atoms with Gasteiger partial charge >= 0.3 is 0 Å². The number of nitrogens with zero attached hydrogens (tertiary/aromatic N) is 8. The number of anilines is 2. The topological polar surface area (TPSA) is 134 Å². The normalized spacial score (nSPS) is 14.0. The van der Waals surface area contributed by atoms with Crippen LogP contribution in [0.15, 0.2) is 97.3 Å². The number of likely N-dealkylation sites (tertiary alicyclic amines) is 1. The maximum atomic E-state index is 9.07. The number of hydrogen-bond donors (Lipinski definition) is 2. The molecule has 4 aromatic heterocycles. The molecule has 0 spiro atoms. The number of fused-ring (bicyclic) bond motifs is 1. The van der Waals surface area contributed by atoms with Gasteiger partial charge in [0.15, 0.2) is 5.65 Å². The van der Waals surface area contributed by atoms with Gasteiger partial charge in [0, 0.05) is 54.8 Å². The fraction of sp³-hybridized carbons (Fsp3) is 0.176. The zero-order valence-corrected chi connectivity index (χ0v) is 24.0. The number of nitrogen functional groups attached to an aromatic ring is 1. The molecule has 0 unspecified atom stereocenters. The predicted octanol–water partition coefficient (Wildman–Crippen LogP) is 5.45. The maximum Gasteiger partial charge on any atom is 0.234 e. The molecule has 0 atom stereocenters. The van der Waals surface area contributed by atoms with Crippen molar-refractivity contribution in [3.05, 3.63) is 109 Å². The molecule has 0 saturated carbocycles. The molecule has 0 bridgehead atoms. The van der Waals surface area contributed by atoms with Crippen LogP contribution >= 0.6 is 0 Å². The van der Waals surface area contributed by atoms with Crippen molar-refractivity contribution in [3.8, 4) is 39.8 Å². The van der Waals surface area contributed by atoms with Crippen molar-refractivity contribution in [2.24, 2.45) is 0 Å². The van der Waals surface area contributed by atoms with Crippen LogP contribution in [0.2, 0.25) is 0 Å². The zero-order chi connectivity index (χ0) is 29.9. The van der Waals surface area contributed by atoms with Crippen LogP contribution in [-0.4, -0.2) is 53.6 Å². The van der Waals surface area contributed by atoms with Gasteiger partial charge in [-0.05, 0) is 48.7 Å². The van der Waals surface area contributed by atoms with E-state index in [-0.39, 0.29) is 5.82 Å². The number of benzene rings is 2. The van der Waals surface area contributed by atoms with Crippen molar-refractivity contribution in [2.75, 3.05) is 24.1 Å². The highest BCUT2D eigenvalue weighted by Crippen LogP contribution is 2.35. The second-order valence-electron chi connectivity index (χ2n) is 10.9. The van der Waals surface area contributed by atoms with Crippen molar-refractivity contribution in [1.82, 2.24) is 34.4 Å². The molecule has 10 heteroatoms. The van der Waals surface area contributed by atoms with Gasteiger partial charge in [-0.15, -0.1) is 0 Å². The van der Waals surface area contributed by atoms with E-state index in [2.05, 4.69) is 61.6 Å². The van der Waals surface area contributed by atoms with E-state index < -0.39 is 0 Å². The number of aromatic nitrogens is 6. The molecule has 2 aromatic carbocycles. The minimum Gasteiger partial charge on any atom is -0.383 e. The van der Waals surface area contributed by atoms with Gasteiger partial charge in [0.25, 0.3) is 0 Å². The summed E-state index contributed by atoms with van der Waals surface area (Å²) in [5.41, 5.74) is 13.6. The SMILES string of the molecule is N#Cc1nccc(NC2CCN(Cc3ccc(-c4c(-c5cccnc5N)nc5ccc(-c6ccccc6)nn45)cc3)CC2)n1. The predicted molar refractivity (Wildman–Crippen MR) is 170 cm³/mol. The maximum absolute atomic E-state index is 9.07. The summed E-state index contributed by atoms with van der Waals surface area (Å²) in [7, 11) is 0. The van der Waals surface area contributed by atoms with Crippen LogP contribution in [0.4, 0.5) is 11.6 Å². The van der Waals surface area contributed by atoms with Crippen molar-refractivity contribution in [2.45, 2.75) is 25.4 Å². The lowest BCUT2D eigenvalue weighted by Crippen LogP contribution is -2.38. The van der Waals surface area contributed by atoms with Gasteiger partial charge in [0.2, 0.25) is 5.82 Å². The van der Waals surface area contributed by atoms with E-state index in [9.17, 15) is 0 Å². The molecule has 216 valence electrons. The Morgan fingerprint density at radius 3 is 2.43 bits per heavy atom. The Labute approximate surface area is 254 Å². The van der Waals surface area contributed by atoms with Crippen LogP contribution in [-0.2, 0) is 6.54 Å². The largest absolute Gasteiger partial charge is 0.383 e. The van der Waals surface area contributed by atoms with E-state index >= 15 is 0 Å². The molecule has 0 radical (unpaired) electrons. The number of rotatable bonds is 7. The van der Waals surface area contributed by atoms with Gasteiger partial charge in [-0.2, -0.15) is 10.4 Å². The fourth-order valence-electron chi connectivity index (χ4n) is 5.72. The average Bonchev–Trinajstić information content (AvgIpc) is 3.45. The fourth-order valence-corrected chi connectivity index (χ4v) is 5.72. The third kappa shape index (κ3) is 5.56. The van der Waals surface area contributed by atoms with Gasteiger partial charge in [-0.3, -0.25) is 4.90 Å². The third-order valence-corrected chi connectivity index (χ3v) is 7.97. The smallest absolute Gasteiger partial charge is 0.234 e. The van der Waals surface area contributed by atoms with Gasteiger partial charge in [0.1, 0.15) is 29.1 Å².